The number of nitrogens with zero attached hydrogens (tertiary/aromatic N) is 5. The maximum atomic E-state index is 5.36. The second-order valence-electron chi connectivity index (χ2n) is 8.00. The van der Waals surface area contributed by atoms with Crippen molar-refractivity contribution in [3.8, 4) is 5.75 Å². The summed E-state index contributed by atoms with van der Waals surface area (Å²) in [6, 6.07) is 8.33. The molecule has 0 spiro atoms. The van der Waals surface area contributed by atoms with E-state index in [0.717, 1.165) is 44.4 Å². The van der Waals surface area contributed by atoms with E-state index in [2.05, 4.69) is 55.2 Å². The highest BCUT2D eigenvalue weighted by Crippen LogP contribution is 2.22. The molecule has 3 rings (SSSR count). The number of benzene rings is 1. The highest BCUT2D eigenvalue weighted by molar-refractivity contribution is 14.0. The molecule has 170 valence electrons. The SMILES string of the molecule is CN=C(NCCCCN1CCN(C)CC1)N1CCN(c2cccc(OC)c2)CC1.I. The van der Waals surface area contributed by atoms with Crippen LogP contribution in [0.4, 0.5) is 5.69 Å². The summed E-state index contributed by atoms with van der Waals surface area (Å²) in [4.78, 5) is 14.3. The Kier molecular flexibility index (Phi) is 11.0. The van der Waals surface area contributed by atoms with Gasteiger partial charge in [0.15, 0.2) is 5.96 Å². The molecule has 0 amide bonds. The molecule has 2 aliphatic rings. The highest BCUT2D eigenvalue weighted by atomic mass is 127. The molecular formula is C22H39IN6O. The van der Waals surface area contributed by atoms with E-state index in [-0.39, 0.29) is 24.0 Å². The Balaban J connectivity index is 0.00000320. The van der Waals surface area contributed by atoms with E-state index in [9.17, 15) is 0 Å². The minimum atomic E-state index is 0. The number of rotatable bonds is 7. The molecule has 1 aromatic rings. The molecule has 0 radical (unpaired) electrons. The maximum absolute atomic E-state index is 5.36. The van der Waals surface area contributed by atoms with Crippen LogP contribution in [0.5, 0.6) is 5.75 Å². The van der Waals surface area contributed by atoms with Crippen LogP contribution in [0.25, 0.3) is 0 Å². The Morgan fingerprint density at radius 2 is 1.77 bits per heavy atom. The number of likely N-dealkylation sites (N-methyl/N-ethyl adjacent to an activating group) is 1. The number of piperazine rings is 2. The fourth-order valence-electron chi connectivity index (χ4n) is 4.05. The molecule has 0 atom stereocenters. The second kappa shape index (κ2) is 13.2. The number of anilines is 1. The van der Waals surface area contributed by atoms with Crippen LogP contribution in [0.3, 0.4) is 0 Å². The minimum Gasteiger partial charge on any atom is -0.497 e. The van der Waals surface area contributed by atoms with Crippen LogP contribution in [0.2, 0.25) is 0 Å². The molecular weight excluding hydrogens is 491 g/mol. The van der Waals surface area contributed by atoms with Crippen LogP contribution in [0.15, 0.2) is 29.3 Å². The average Bonchev–Trinajstić information content (AvgIpc) is 2.78. The molecule has 0 aromatic heterocycles. The van der Waals surface area contributed by atoms with Gasteiger partial charge in [-0.05, 0) is 38.6 Å². The predicted molar refractivity (Wildman–Crippen MR) is 137 cm³/mol. The number of hydrogen-bond acceptors (Lipinski definition) is 5. The van der Waals surface area contributed by atoms with Crippen molar-refractivity contribution in [2.45, 2.75) is 12.8 Å². The molecule has 1 N–H and O–H groups in total. The number of aliphatic imine (C=N–C) groups is 1. The van der Waals surface area contributed by atoms with Crippen molar-refractivity contribution in [2.24, 2.45) is 4.99 Å². The van der Waals surface area contributed by atoms with Crippen LogP contribution < -0.4 is 15.0 Å². The lowest BCUT2D eigenvalue weighted by molar-refractivity contribution is 0.152. The lowest BCUT2D eigenvalue weighted by atomic mass is 10.2. The monoisotopic (exact) mass is 530 g/mol. The average molecular weight is 530 g/mol. The van der Waals surface area contributed by atoms with Crippen LogP contribution in [0.1, 0.15) is 12.8 Å². The van der Waals surface area contributed by atoms with Crippen molar-refractivity contribution in [1.82, 2.24) is 20.0 Å². The van der Waals surface area contributed by atoms with E-state index in [1.165, 1.54) is 51.3 Å². The molecule has 0 saturated carbocycles. The quantitative estimate of drug-likeness (QED) is 0.252. The van der Waals surface area contributed by atoms with Gasteiger partial charge in [-0.1, -0.05) is 6.07 Å². The van der Waals surface area contributed by atoms with Gasteiger partial charge in [0.2, 0.25) is 0 Å². The molecule has 0 unspecified atom stereocenters. The van der Waals surface area contributed by atoms with E-state index in [4.69, 9.17) is 4.74 Å². The van der Waals surface area contributed by atoms with Gasteiger partial charge in [-0.3, -0.25) is 4.99 Å². The third kappa shape index (κ3) is 7.46. The third-order valence-electron chi connectivity index (χ3n) is 5.99. The summed E-state index contributed by atoms with van der Waals surface area (Å²) in [6.07, 6.45) is 2.44. The van der Waals surface area contributed by atoms with Crippen LogP contribution in [-0.4, -0.2) is 107 Å². The highest BCUT2D eigenvalue weighted by Gasteiger charge is 2.20. The van der Waals surface area contributed by atoms with Gasteiger partial charge in [0, 0.05) is 77.7 Å². The standard InChI is InChI=1S/C22H38N6O.HI/c1-23-22(24-9-4-5-10-26-13-11-25(2)12-14-26)28-17-15-27(16-18-28)20-7-6-8-21(19-20)29-3;/h6-8,19H,4-5,9-18H2,1-3H3,(H,23,24);1H. The molecule has 2 aliphatic heterocycles. The van der Waals surface area contributed by atoms with E-state index < -0.39 is 0 Å². The Morgan fingerprint density at radius 1 is 1.03 bits per heavy atom. The van der Waals surface area contributed by atoms with Gasteiger partial charge in [-0.25, -0.2) is 0 Å². The predicted octanol–water partition coefficient (Wildman–Crippen LogP) is 2.04. The summed E-state index contributed by atoms with van der Waals surface area (Å²) in [6.45, 7) is 11.0. The smallest absolute Gasteiger partial charge is 0.193 e. The fraction of sp³-hybridized carbons (Fsp3) is 0.682. The van der Waals surface area contributed by atoms with Gasteiger partial charge in [-0.2, -0.15) is 0 Å². The summed E-state index contributed by atoms with van der Waals surface area (Å²) in [5, 5.41) is 3.57. The van der Waals surface area contributed by atoms with Gasteiger partial charge in [-0.15, -0.1) is 24.0 Å². The van der Waals surface area contributed by atoms with Crippen LogP contribution >= 0.6 is 24.0 Å². The third-order valence-corrected chi connectivity index (χ3v) is 5.99. The van der Waals surface area contributed by atoms with Crippen molar-refractivity contribution in [3.05, 3.63) is 24.3 Å². The topological polar surface area (TPSA) is 46.6 Å². The van der Waals surface area contributed by atoms with Gasteiger partial charge in [0.25, 0.3) is 0 Å². The van der Waals surface area contributed by atoms with Crippen molar-refractivity contribution in [3.63, 3.8) is 0 Å². The molecule has 7 nitrogen and oxygen atoms in total. The second-order valence-corrected chi connectivity index (χ2v) is 8.00. The number of nitrogens with one attached hydrogen (secondary N) is 1. The molecule has 0 aliphatic carbocycles. The number of hydrogen-bond donors (Lipinski definition) is 1. The fourth-order valence-corrected chi connectivity index (χ4v) is 4.05. The van der Waals surface area contributed by atoms with Crippen LogP contribution in [-0.2, 0) is 0 Å². The lowest BCUT2D eigenvalue weighted by Gasteiger charge is -2.37. The molecule has 30 heavy (non-hydrogen) atoms. The number of unbranched alkanes of at least 4 members (excludes halogenated alkanes) is 1. The Morgan fingerprint density at radius 3 is 2.43 bits per heavy atom. The van der Waals surface area contributed by atoms with E-state index in [0.29, 0.717) is 0 Å². The summed E-state index contributed by atoms with van der Waals surface area (Å²) < 4.78 is 5.36. The number of guanidine groups is 1. The maximum Gasteiger partial charge on any atom is 0.193 e. The zero-order chi connectivity index (χ0) is 20.5. The zero-order valence-corrected chi connectivity index (χ0v) is 21.2. The summed E-state index contributed by atoms with van der Waals surface area (Å²) in [7, 11) is 5.82. The van der Waals surface area contributed by atoms with E-state index >= 15 is 0 Å². The summed E-state index contributed by atoms with van der Waals surface area (Å²) in [5.74, 6) is 1.95. The number of ether oxygens (including phenoxy) is 1. The molecule has 0 bridgehead atoms. The lowest BCUT2D eigenvalue weighted by Crippen LogP contribution is -2.52. The normalized spacial score (nSPS) is 18.8. The molecule has 2 fully saturated rings. The Bertz CT molecular complexity index is 642. The first-order valence-electron chi connectivity index (χ1n) is 10.9. The first kappa shape index (κ1) is 25.0. The van der Waals surface area contributed by atoms with Crippen molar-refractivity contribution in [1.29, 1.82) is 0 Å². The van der Waals surface area contributed by atoms with Gasteiger partial charge in [0.05, 0.1) is 7.11 Å². The molecule has 8 heteroatoms. The van der Waals surface area contributed by atoms with E-state index in [1.54, 1.807) is 7.11 Å². The van der Waals surface area contributed by atoms with Crippen molar-refractivity contribution < 1.29 is 4.74 Å². The van der Waals surface area contributed by atoms with Gasteiger partial charge < -0.3 is 29.7 Å². The van der Waals surface area contributed by atoms with Crippen LogP contribution in [0, 0.1) is 0 Å². The molecule has 2 heterocycles. The molecule has 2 saturated heterocycles. The first-order valence-corrected chi connectivity index (χ1v) is 10.9. The summed E-state index contributed by atoms with van der Waals surface area (Å²) in [5.41, 5.74) is 1.23. The van der Waals surface area contributed by atoms with Crippen molar-refractivity contribution >= 4 is 35.6 Å². The molecule has 1 aromatic carbocycles. The largest absolute Gasteiger partial charge is 0.497 e. The zero-order valence-electron chi connectivity index (χ0n) is 18.8. The Hall–Kier alpha value is -1.26. The summed E-state index contributed by atoms with van der Waals surface area (Å²) >= 11 is 0. The minimum absolute atomic E-state index is 0. The van der Waals surface area contributed by atoms with Crippen molar-refractivity contribution in [2.75, 3.05) is 91.6 Å². The first-order chi connectivity index (χ1) is 14.2. The van der Waals surface area contributed by atoms with Gasteiger partial charge >= 0.3 is 0 Å². The Labute approximate surface area is 199 Å². The number of methoxy groups -OCH3 is 1. The number of halogens is 1. The van der Waals surface area contributed by atoms with E-state index in [1.807, 2.05) is 13.1 Å². The van der Waals surface area contributed by atoms with Gasteiger partial charge in [0.1, 0.15) is 5.75 Å².